The molecule has 7 heteroatoms. The lowest BCUT2D eigenvalue weighted by Crippen LogP contribution is -2.57. The van der Waals surface area contributed by atoms with E-state index in [1.807, 2.05) is 18.2 Å². The van der Waals surface area contributed by atoms with Crippen molar-refractivity contribution >= 4 is 5.90 Å². The Labute approximate surface area is 145 Å². The summed E-state index contributed by atoms with van der Waals surface area (Å²) in [7, 11) is 1.51. The van der Waals surface area contributed by atoms with Crippen molar-refractivity contribution in [2.75, 3.05) is 7.11 Å². The van der Waals surface area contributed by atoms with Gasteiger partial charge in [-0.05, 0) is 17.7 Å². The Morgan fingerprint density at radius 1 is 1.20 bits per heavy atom. The molecule has 2 aliphatic rings. The van der Waals surface area contributed by atoms with Crippen molar-refractivity contribution in [3.05, 3.63) is 29.8 Å². The first-order valence-electron chi connectivity index (χ1n) is 7.68. The maximum Gasteiger partial charge on any atom is 0.214 e. The maximum atomic E-state index is 9.95. The summed E-state index contributed by atoms with van der Waals surface area (Å²) in [6, 6.07) is 12.8. The van der Waals surface area contributed by atoms with Gasteiger partial charge in [-0.1, -0.05) is 19.1 Å². The third kappa shape index (κ3) is 1.78. The lowest BCUT2D eigenvalue weighted by molar-refractivity contribution is -0.268. The van der Waals surface area contributed by atoms with Crippen LogP contribution in [-0.4, -0.2) is 18.8 Å². The van der Waals surface area contributed by atoms with Gasteiger partial charge in [0, 0.05) is 6.92 Å². The van der Waals surface area contributed by atoms with Crippen LogP contribution in [0.4, 0.5) is 0 Å². The highest BCUT2D eigenvalue weighted by molar-refractivity contribution is 5.89. The van der Waals surface area contributed by atoms with Gasteiger partial charge in [0.25, 0.3) is 0 Å². The zero-order chi connectivity index (χ0) is 18.5. The summed E-state index contributed by atoms with van der Waals surface area (Å²) in [5.41, 5.74) is -3.14. The zero-order valence-electron chi connectivity index (χ0n) is 14.0. The summed E-state index contributed by atoms with van der Waals surface area (Å²) in [5.74, 6) is -1.82. The fourth-order valence-electron chi connectivity index (χ4n) is 3.81. The van der Waals surface area contributed by atoms with E-state index in [9.17, 15) is 15.8 Å². The Balaban J connectivity index is 2.31. The maximum absolute atomic E-state index is 9.95. The van der Waals surface area contributed by atoms with Crippen molar-refractivity contribution in [1.29, 1.82) is 21.2 Å². The molecule has 25 heavy (non-hydrogen) atoms. The van der Waals surface area contributed by atoms with Gasteiger partial charge in [-0.3, -0.25) is 5.41 Å². The Morgan fingerprint density at radius 2 is 1.88 bits per heavy atom. The van der Waals surface area contributed by atoms with Gasteiger partial charge in [0.05, 0.1) is 31.2 Å². The minimum absolute atomic E-state index is 0.404. The first kappa shape index (κ1) is 16.8. The van der Waals surface area contributed by atoms with Crippen molar-refractivity contribution in [3.8, 4) is 24.0 Å². The summed E-state index contributed by atoms with van der Waals surface area (Å²) in [5, 5.41) is 38.1. The second kappa shape index (κ2) is 5.21. The topological polar surface area (TPSA) is 123 Å². The quantitative estimate of drug-likeness (QED) is 0.885. The highest BCUT2D eigenvalue weighted by Gasteiger charge is 2.78. The van der Waals surface area contributed by atoms with E-state index >= 15 is 0 Å². The molecule has 2 saturated heterocycles. The number of methoxy groups -OCH3 is 1. The Bertz CT molecular complexity index is 864. The lowest BCUT2D eigenvalue weighted by atomic mass is 9.54. The summed E-state index contributed by atoms with van der Waals surface area (Å²) >= 11 is 0. The van der Waals surface area contributed by atoms with Gasteiger partial charge in [0.2, 0.25) is 17.1 Å². The number of rotatable bonds is 2. The molecule has 4 atom stereocenters. The average molecular weight is 336 g/mol. The minimum atomic E-state index is -1.93. The predicted octanol–water partition coefficient (Wildman–Crippen LogP) is 2.67. The molecule has 1 N–H and O–H groups in total. The van der Waals surface area contributed by atoms with Gasteiger partial charge >= 0.3 is 0 Å². The molecule has 3 rings (SSSR count). The summed E-state index contributed by atoms with van der Waals surface area (Å²) in [6.45, 7) is 3.28. The van der Waals surface area contributed by atoms with E-state index < -0.39 is 34.5 Å². The van der Waals surface area contributed by atoms with Gasteiger partial charge in [0.15, 0.2) is 5.41 Å². The molecule has 4 unspecified atom stereocenters. The number of ether oxygens (including phenoxy) is 3. The van der Waals surface area contributed by atoms with Crippen LogP contribution in [0.15, 0.2) is 24.3 Å². The molecule has 2 aliphatic heterocycles. The Kier molecular flexibility index (Phi) is 3.49. The van der Waals surface area contributed by atoms with Crippen LogP contribution in [0.5, 0.6) is 5.75 Å². The standard InChI is InChI=1S/C18H16N4O3/c1-11-16(2)24-14(12-5-4-6-13(7-12)23-3)17(8-19,9-20)18(11,10-21)15(22)25-16/h4-7,11,14,22H,1-3H3. The number of hydrogen-bond donors (Lipinski definition) is 1. The van der Waals surface area contributed by atoms with Crippen molar-refractivity contribution in [3.63, 3.8) is 0 Å². The van der Waals surface area contributed by atoms with Crippen LogP contribution < -0.4 is 4.74 Å². The molecular formula is C18H16N4O3. The molecule has 1 aromatic rings. The monoisotopic (exact) mass is 336 g/mol. The molecule has 126 valence electrons. The first-order chi connectivity index (χ1) is 11.8. The van der Waals surface area contributed by atoms with E-state index in [0.29, 0.717) is 11.3 Å². The van der Waals surface area contributed by atoms with Crippen molar-refractivity contribution in [1.82, 2.24) is 0 Å². The average Bonchev–Trinajstić information content (AvgIpc) is 2.77. The molecule has 7 nitrogen and oxygen atoms in total. The second-order valence-electron chi connectivity index (χ2n) is 6.39. The molecule has 0 radical (unpaired) electrons. The molecule has 0 amide bonds. The van der Waals surface area contributed by atoms with E-state index in [2.05, 4.69) is 0 Å². The number of nitrogens with one attached hydrogen (secondary N) is 1. The highest BCUT2D eigenvalue weighted by atomic mass is 16.7. The fraction of sp³-hybridized carbons (Fsp3) is 0.444. The smallest absolute Gasteiger partial charge is 0.214 e. The van der Waals surface area contributed by atoms with Crippen LogP contribution >= 0.6 is 0 Å². The van der Waals surface area contributed by atoms with Gasteiger partial charge in [-0.25, -0.2) is 0 Å². The first-order valence-corrected chi connectivity index (χ1v) is 7.68. The minimum Gasteiger partial charge on any atom is -0.497 e. The molecule has 2 fully saturated rings. The van der Waals surface area contributed by atoms with Crippen LogP contribution in [-0.2, 0) is 9.47 Å². The highest BCUT2D eigenvalue weighted by Crippen LogP contribution is 2.66. The fourth-order valence-corrected chi connectivity index (χ4v) is 3.81. The molecule has 0 saturated carbocycles. The van der Waals surface area contributed by atoms with E-state index in [-0.39, 0.29) is 0 Å². The molecular weight excluding hydrogens is 320 g/mol. The summed E-state index contributed by atoms with van der Waals surface area (Å²) in [6.07, 6.45) is -1.07. The molecule has 0 aromatic heterocycles. The number of hydrogen-bond acceptors (Lipinski definition) is 7. The van der Waals surface area contributed by atoms with Crippen molar-refractivity contribution in [2.45, 2.75) is 25.7 Å². The van der Waals surface area contributed by atoms with Gasteiger partial charge in [-0.15, -0.1) is 0 Å². The van der Waals surface area contributed by atoms with Crippen molar-refractivity contribution in [2.24, 2.45) is 16.7 Å². The number of nitrogens with zero attached hydrogens (tertiary/aromatic N) is 3. The molecule has 0 aliphatic carbocycles. The lowest BCUT2D eigenvalue weighted by Gasteiger charge is -2.47. The van der Waals surface area contributed by atoms with E-state index in [1.165, 1.54) is 7.11 Å². The second-order valence-corrected chi connectivity index (χ2v) is 6.39. The Morgan fingerprint density at radius 3 is 2.44 bits per heavy atom. The van der Waals surface area contributed by atoms with Gasteiger partial charge in [0.1, 0.15) is 11.9 Å². The summed E-state index contributed by atoms with van der Waals surface area (Å²) in [4.78, 5) is 0. The van der Waals surface area contributed by atoms with Crippen LogP contribution in [0.2, 0.25) is 0 Å². The molecule has 0 spiro atoms. The number of nitriles is 3. The Hall–Kier alpha value is -3.08. The largest absolute Gasteiger partial charge is 0.497 e. The van der Waals surface area contributed by atoms with Crippen LogP contribution in [0.1, 0.15) is 25.5 Å². The van der Waals surface area contributed by atoms with Crippen LogP contribution in [0.3, 0.4) is 0 Å². The molecule has 2 bridgehead atoms. The van der Waals surface area contributed by atoms with E-state index in [1.54, 1.807) is 38.1 Å². The van der Waals surface area contributed by atoms with Crippen molar-refractivity contribution < 1.29 is 14.2 Å². The third-order valence-corrected chi connectivity index (χ3v) is 5.39. The van der Waals surface area contributed by atoms with E-state index in [4.69, 9.17) is 19.6 Å². The zero-order valence-corrected chi connectivity index (χ0v) is 14.0. The van der Waals surface area contributed by atoms with E-state index in [0.717, 1.165) is 0 Å². The SMILES string of the molecule is COc1cccc(C2OC3(C)OC(=N)C(C#N)(C3C)C2(C#N)C#N)c1. The predicted molar refractivity (Wildman–Crippen MR) is 84.9 cm³/mol. The summed E-state index contributed by atoms with van der Waals surface area (Å²) < 4.78 is 16.8. The number of fused-ring (bicyclic) bond motifs is 2. The molecule has 1 aromatic carbocycles. The van der Waals surface area contributed by atoms with Gasteiger partial charge in [-0.2, -0.15) is 15.8 Å². The third-order valence-electron chi connectivity index (χ3n) is 5.39. The normalized spacial score (nSPS) is 35.0. The van der Waals surface area contributed by atoms with Crippen LogP contribution in [0, 0.1) is 56.2 Å². The van der Waals surface area contributed by atoms with Gasteiger partial charge < -0.3 is 14.2 Å². The number of benzene rings is 1. The molecule has 2 heterocycles. The van der Waals surface area contributed by atoms with Crippen LogP contribution in [0.25, 0.3) is 0 Å².